The van der Waals surface area contributed by atoms with Gasteiger partial charge in [0.25, 0.3) is 0 Å². The van der Waals surface area contributed by atoms with Gasteiger partial charge in [0, 0.05) is 12.3 Å². The van der Waals surface area contributed by atoms with Gasteiger partial charge in [-0.05, 0) is 13.1 Å². The lowest BCUT2D eigenvalue weighted by Crippen LogP contribution is -2.15. The molecule has 0 aliphatic carbocycles. The van der Waals surface area contributed by atoms with Crippen LogP contribution < -0.4 is 5.32 Å². The van der Waals surface area contributed by atoms with Gasteiger partial charge in [0.15, 0.2) is 0 Å². The molecule has 0 unspecified atom stereocenters. The Hall–Kier alpha value is -0.630. The molecule has 1 rings (SSSR count). The molecule has 0 aromatic carbocycles. The molecule has 8 heavy (non-hydrogen) atoms. The highest BCUT2D eigenvalue weighted by molar-refractivity contribution is 5.98. The first-order chi connectivity index (χ1) is 3.93. The van der Waals surface area contributed by atoms with E-state index in [9.17, 15) is 0 Å². The minimum atomic E-state index is 0.872. The Labute approximate surface area is 49.3 Å². The number of nitrogens with zero attached hydrogens (tertiary/aromatic N) is 1. The molecule has 1 aliphatic heterocycles. The summed E-state index contributed by atoms with van der Waals surface area (Å²) in [7, 11) is 1.93. The van der Waals surface area contributed by atoms with Crippen LogP contribution in [0.1, 0.15) is 0 Å². The van der Waals surface area contributed by atoms with Crippen molar-refractivity contribution in [2.75, 3.05) is 20.1 Å². The summed E-state index contributed by atoms with van der Waals surface area (Å²) in [6, 6.07) is 0. The maximum absolute atomic E-state index is 4.17. The molecule has 0 atom stereocenters. The van der Waals surface area contributed by atoms with Crippen LogP contribution in [0.15, 0.2) is 17.1 Å². The summed E-state index contributed by atoms with van der Waals surface area (Å²) >= 11 is 0. The van der Waals surface area contributed by atoms with Crippen LogP contribution in [0.4, 0.5) is 0 Å². The molecule has 2 heteroatoms. The smallest absolute Gasteiger partial charge is 0.0577 e. The highest BCUT2D eigenvalue weighted by Crippen LogP contribution is 1.90. The van der Waals surface area contributed by atoms with E-state index >= 15 is 0 Å². The summed E-state index contributed by atoms with van der Waals surface area (Å²) in [5.41, 5.74) is 1.16. The van der Waals surface area contributed by atoms with Gasteiger partial charge in [0.2, 0.25) is 0 Å². The number of rotatable bonds is 2. The van der Waals surface area contributed by atoms with Crippen molar-refractivity contribution in [1.29, 1.82) is 0 Å². The monoisotopic (exact) mass is 110 g/mol. The van der Waals surface area contributed by atoms with Gasteiger partial charge in [-0.3, -0.25) is 4.99 Å². The summed E-state index contributed by atoms with van der Waals surface area (Å²) in [6.45, 7) is 1.77. The van der Waals surface area contributed by atoms with Crippen molar-refractivity contribution in [3.63, 3.8) is 0 Å². The van der Waals surface area contributed by atoms with Crippen molar-refractivity contribution in [3.8, 4) is 0 Å². The van der Waals surface area contributed by atoms with Crippen molar-refractivity contribution >= 4 is 5.71 Å². The second-order valence-electron chi connectivity index (χ2n) is 1.76. The van der Waals surface area contributed by atoms with Gasteiger partial charge in [-0.2, -0.15) is 0 Å². The van der Waals surface area contributed by atoms with Crippen molar-refractivity contribution < 1.29 is 0 Å². The lowest BCUT2D eigenvalue weighted by molar-refractivity contribution is 0.947. The standard InChI is InChI=1S/C6H10N2/c1-7-5-6-3-2-4-8-6/h2-3,7H,4-5H2,1H3. The van der Waals surface area contributed by atoms with Gasteiger partial charge in [0.1, 0.15) is 0 Å². The molecular formula is C6H10N2. The predicted molar refractivity (Wildman–Crippen MR) is 35.4 cm³/mol. The second kappa shape index (κ2) is 2.62. The average Bonchev–Trinajstić information content (AvgIpc) is 2.19. The van der Waals surface area contributed by atoms with Gasteiger partial charge < -0.3 is 5.32 Å². The van der Waals surface area contributed by atoms with Gasteiger partial charge in [0.05, 0.1) is 6.54 Å². The van der Waals surface area contributed by atoms with Crippen LogP contribution in [0.25, 0.3) is 0 Å². The zero-order chi connectivity index (χ0) is 5.82. The van der Waals surface area contributed by atoms with Crippen LogP contribution in [0.3, 0.4) is 0 Å². The van der Waals surface area contributed by atoms with Gasteiger partial charge >= 0.3 is 0 Å². The van der Waals surface area contributed by atoms with Gasteiger partial charge in [-0.15, -0.1) is 0 Å². The van der Waals surface area contributed by atoms with Gasteiger partial charge in [-0.1, -0.05) is 6.08 Å². The molecule has 2 nitrogen and oxygen atoms in total. The third-order valence-electron chi connectivity index (χ3n) is 1.07. The zero-order valence-electron chi connectivity index (χ0n) is 5.02. The van der Waals surface area contributed by atoms with E-state index in [0.717, 1.165) is 18.8 Å². The highest BCUT2D eigenvalue weighted by atomic mass is 14.9. The van der Waals surface area contributed by atoms with Crippen LogP contribution in [0.2, 0.25) is 0 Å². The third kappa shape index (κ3) is 1.17. The molecule has 0 aromatic rings. The van der Waals surface area contributed by atoms with E-state index in [4.69, 9.17) is 0 Å². The molecule has 0 fully saturated rings. The molecule has 0 amide bonds. The van der Waals surface area contributed by atoms with Crippen molar-refractivity contribution in [3.05, 3.63) is 12.2 Å². The van der Waals surface area contributed by atoms with Crippen molar-refractivity contribution in [1.82, 2.24) is 5.32 Å². The minimum absolute atomic E-state index is 0.872. The Kier molecular flexibility index (Phi) is 1.80. The Bertz CT molecular complexity index is 124. The Morgan fingerprint density at radius 1 is 1.88 bits per heavy atom. The highest BCUT2D eigenvalue weighted by Gasteiger charge is 1.94. The summed E-state index contributed by atoms with van der Waals surface area (Å²) in [6.07, 6.45) is 4.11. The topological polar surface area (TPSA) is 24.4 Å². The number of hydrogen-bond acceptors (Lipinski definition) is 2. The van der Waals surface area contributed by atoms with E-state index in [1.807, 2.05) is 7.05 Å². The average molecular weight is 110 g/mol. The van der Waals surface area contributed by atoms with Crippen LogP contribution in [-0.4, -0.2) is 25.8 Å². The maximum Gasteiger partial charge on any atom is 0.0577 e. The van der Waals surface area contributed by atoms with Gasteiger partial charge in [-0.25, -0.2) is 0 Å². The van der Waals surface area contributed by atoms with E-state index in [1.54, 1.807) is 0 Å². The number of hydrogen-bond donors (Lipinski definition) is 1. The fraction of sp³-hybridized carbons (Fsp3) is 0.500. The number of aliphatic imine (C=N–C) groups is 1. The van der Waals surface area contributed by atoms with Crippen LogP contribution in [0.5, 0.6) is 0 Å². The summed E-state index contributed by atoms with van der Waals surface area (Å²) in [5, 5.41) is 3.03. The first kappa shape index (κ1) is 5.51. The van der Waals surface area contributed by atoms with Crippen LogP contribution in [-0.2, 0) is 0 Å². The molecule has 0 radical (unpaired) electrons. The van der Waals surface area contributed by atoms with Crippen LogP contribution in [0, 0.1) is 0 Å². The molecule has 1 heterocycles. The maximum atomic E-state index is 4.17. The van der Waals surface area contributed by atoms with E-state index < -0.39 is 0 Å². The molecule has 0 aromatic heterocycles. The molecule has 1 aliphatic rings. The SMILES string of the molecule is CNCC1=NCC=C1. The van der Waals surface area contributed by atoms with Crippen LogP contribution >= 0.6 is 0 Å². The lowest BCUT2D eigenvalue weighted by Gasteiger charge is -1.91. The van der Waals surface area contributed by atoms with Crippen molar-refractivity contribution in [2.45, 2.75) is 0 Å². The zero-order valence-corrected chi connectivity index (χ0v) is 5.02. The normalized spacial score (nSPS) is 16.9. The Morgan fingerprint density at radius 3 is 3.25 bits per heavy atom. The molecule has 0 saturated carbocycles. The quantitative estimate of drug-likeness (QED) is 0.540. The predicted octanol–water partition coefficient (Wildman–Crippen LogP) is 0.217. The molecule has 0 bridgehead atoms. The summed E-state index contributed by atoms with van der Waals surface area (Å²) in [4.78, 5) is 4.17. The van der Waals surface area contributed by atoms with Crippen molar-refractivity contribution in [2.24, 2.45) is 4.99 Å². The Balaban J connectivity index is 2.34. The number of nitrogens with one attached hydrogen (secondary N) is 1. The Morgan fingerprint density at radius 2 is 2.75 bits per heavy atom. The summed E-state index contributed by atoms with van der Waals surface area (Å²) in [5.74, 6) is 0. The van der Waals surface area contributed by atoms with E-state index in [0.29, 0.717) is 0 Å². The fourth-order valence-electron chi connectivity index (χ4n) is 0.707. The molecule has 1 N–H and O–H groups in total. The van der Waals surface area contributed by atoms with E-state index in [2.05, 4.69) is 22.5 Å². The lowest BCUT2D eigenvalue weighted by atomic mass is 10.4. The van der Waals surface area contributed by atoms with E-state index in [1.165, 1.54) is 0 Å². The molecule has 0 saturated heterocycles. The molecular weight excluding hydrogens is 100 g/mol. The molecule has 0 spiro atoms. The summed E-state index contributed by atoms with van der Waals surface area (Å²) < 4.78 is 0. The first-order valence-corrected chi connectivity index (χ1v) is 2.78. The fourth-order valence-corrected chi connectivity index (χ4v) is 0.707. The van der Waals surface area contributed by atoms with E-state index in [-0.39, 0.29) is 0 Å². The largest absolute Gasteiger partial charge is 0.314 e. The second-order valence-corrected chi connectivity index (χ2v) is 1.76. The third-order valence-corrected chi connectivity index (χ3v) is 1.07. The molecule has 44 valence electrons. The minimum Gasteiger partial charge on any atom is -0.314 e. The first-order valence-electron chi connectivity index (χ1n) is 2.78.